The van der Waals surface area contributed by atoms with Crippen LogP contribution >= 0.6 is 0 Å². The number of aromatic nitrogens is 1. The van der Waals surface area contributed by atoms with Crippen LogP contribution in [0.4, 0.5) is 13.2 Å². The Kier molecular flexibility index (Phi) is 2.60. The van der Waals surface area contributed by atoms with E-state index in [0.29, 0.717) is 6.20 Å². The second-order valence-electron chi connectivity index (χ2n) is 2.38. The Morgan fingerprint density at radius 3 is 2.57 bits per heavy atom. The average molecular weight is 202 g/mol. The van der Waals surface area contributed by atoms with E-state index in [-0.39, 0.29) is 5.69 Å². The number of ether oxygens (including phenoxy) is 1. The molecule has 3 nitrogen and oxygen atoms in total. The molecule has 0 saturated heterocycles. The van der Waals surface area contributed by atoms with E-state index in [2.05, 4.69) is 9.72 Å². The molecule has 0 aromatic carbocycles. The van der Waals surface area contributed by atoms with Gasteiger partial charge in [0, 0.05) is 12.3 Å². The highest BCUT2D eigenvalue weighted by Gasteiger charge is 2.34. The van der Waals surface area contributed by atoms with Crippen molar-refractivity contribution in [1.29, 1.82) is 5.26 Å². The van der Waals surface area contributed by atoms with Gasteiger partial charge in [0.1, 0.15) is 23.1 Å². The SMILES string of the molecule is COc1cc(C#N)ncc1C(F)(F)F. The second kappa shape index (κ2) is 3.54. The molecule has 0 radical (unpaired) electrons. The lowest BCUT2D eigenvalue weighted by molar-refractivity contribution is -0.139. The third-order valence-corrected chi connectivity index (χ3v) is 1.51. The summed E-state index contributed by atoms with van der Waals surface area (Å²) in [7, 11) is 1.10. The molecule has 0 spiro atoms. The molecule has 0 aliphatic carbocycles. The molecular weight excluding hydrogens is 197 g/mol. The van der Waals surface area contributed by atoms with Crippen LogP contribution in [0.15, 0.2) is 12.3 Å². The van der Waals surface area contributed by atoms with Crippen LogP contribution < -0.4 is 4.74 Å². The molecule has 14 heavy (non-hydrogen) atoms. The first-order chi connectivity index (χ1) is 6.49. The maximum absolute atomic E-state index is 12.3. The number of rotatable bonds is 1. The predicted octanol–water partition coefficient (Wildman–Crippen LogP) is 1.98. The van der Waals surface area contributed by atoms with Gasteiger partial charge in [0.15, 0.2) is 0 Å². The first kappa shape index (κ1) is 10.3. The fraction of sp³-hybridized carbons (Fsp3) is 0.250. The summed E-state index contributed by atoms with van der Waals surface area (Å²) in [5.74, 6) is -0.399. The van der Waals surface area contributed by atoms with Crippen molar-refractivity contribution in [3.63, 3.8) is 0 Å². The molecule has 1 rings (SSSR count). The Morgan fingerprint density at radius 1 is 1.50 bits per heavy atom. The van der Waals surface area contributed by atoms with Crippen LogP contribution in [0, 0.1) is 11.3 Å². The summed E-state index contributed by atoms with van der Waals surface area (Å²) in [6.07, 6.45) is -3.94. The van der Waals surface area contributed by atoms with Crippen molar-refractivity contribution < 1.29 is 17.9 Å². The number of pyridine rings is 1. The van der Waals surface area contributed by atoms with Gasteiger partial charge in [0.05, 0.1) is 7.11 Å². The van der Waals surface area contributed by atoms with Crippen LogP contribution in [-0.2, 0) is 6.18 Å². The fourth-order valence-electron chi connectivity index (χ4n) is 0.880. The minimum atomic E-state index is -4.52. The van der Waals surface area contributed by atoms with Crippen molar-refractivity contribution in [2.24, 2.45) is 0 Å². The van der Waals surface area contributed by atoms with Gasteiger partial charge in [-0.25, -0.2) is 4.98 Å². The third-order valence-electron chi connectivity index (χ3n) is 1.51. The normalized spacial score (nSPS) is 10.8. The highest BCUT2D eigenvalue weighted by molar-refractivity contribution is 5.38. The number of halogens is 3. The van der Waals surface area contributed by atoms with Crippen LogP contribution in [0.5, 0.6) is 5.75 Å². The zero-order chi connectivity index (χ0) is 10.8. The molecule has 1 heterocycles. The molecule has 0 saturated carbocycles. The first-order valence-corrected chi connectivity index (χ1v) is 3.50. The molecule has 0 bridgehead atoms. The zero-order valence-corrected chi connectivity index (χ0v) is 7.09. The highest BCUT2D eigenvalue weighted by Crippen LogP contribution is 2.35. The van der Waals surface area contributed by atoms with Crippen molar-refractivity contribution in [1.82, 2.24) is 4.98 Å². The topological polar surface area (TPSA) is 45.9 Å². The Hall–Kier alpha value is -1.77. The molecule has 0 unspecified atom stereocenters. The zero-order valence-electron chi connectivity index (χ0n) is 7.09. The Balaban J connectivity index is 3.27. The molecule has 0 aliphatic rings. The highest BCUT2D eigenvalue weighted by atomic mass is 19.4. The lowest BCUT2D eigenvalue weighted by atomic mass is 10.2. The maximum atomic E-state index is 12.3. The quantitative estimate of drug-likeness (QED) is 0.699. The predicted molar refractivity (Wildman–Crippen MR) is 40.5 cm³/mol. The van der Waals surface area contributed by atoms with Gasteiger partial charge in [0.2, 0.25) is 0 Å². The molecule has 0 N–H and O–H groups in total. The maximum Gasteiger partial charge on any atom is 0.421 e. The lowest BCUT2D eigenvalue weighted by Crippen LogP contribution is -2.08. The summed E-state index contributed by atoms with van der Waals surface area (Å²) < 4.78 is 41.3. The van der Waals surface area contributed by atoms with E-state index in [1.54, 1.807) is 6.07 Å². The largest absolute Gasteiger partial charge is 0.496 e. The van der Waals surface area contributed by atoms with E-state index in [9.17, 15) is 13.2 Å². The van der Waals surface area contributed by atoms with Crippen molar-refractivity contribution in [2.45, 2.75) is 6.18 Å². The van der Waals surface area contributed by atoms with Gasteiger partial charge >= 0.3 is 6.18 Å². The van der Waals surface area contributed by atoms with Gasteiger partial charge in [-0.2, -0.15) is 18.4 Å². The molecule has 0 amide bonds. The van der Waals surface area contributed by atoms with E-state index < -0.39 is 17.5 Å². The van der Waals surface area contributed by atoms with Gasteiger partial charge in [0.25, 0.3) is 0 Å². The van der Waals surface area contributed by atoms with Gasteiger partial charge < -0.3 is 4.74 Å². The molecule has 1 aromatic rings. The van der Waals surface area contributed by atoms with Crippen LogP contribution in [0.1, 0.15) is 11.3 Å². The molecule has 0 fully saturated rings. The Bertz CT molecular complexity index is 381. The molecule has 0 atom stereocenters. The third kappa shape index (κ3) is 1.93. The Labute approximate surface area is 77.7 Å². The van der Waals surface area contributed by atoms with Gasteiger partial charge in [-0.15, -0.1) is 0 Å². The molecular formula is C8H5F3N2O. The van der Waals surface area contributed by atoms with Gasteiger partial charge in [-0.05, 0) is 0 Å². The van der Waals surface area contributed by atoms with Crippen molar-refractivity contribution >= 4 is 0 Å². The minimum absolute atomic E-state index is 0.116. The number of nitrogens with zero attached hydrogens (tertiary/aromatic N) is 2. The second-order valence-corrected chi connectivity index (χ2v) is 2.38. The lowest BCUT2D eigenvalue weighted by Gasteiger charge is -2.10. The number of hydrogen-bond donors (Lipinski definition) is 0. The summed E-state index contributed by atoms with van der Waals surface area (Å²) in [6, 6.07) is 2.57. The monoisotopic (exact) mass is 202 g/mol. The van der Waals surface area contributed by atoms with E-state index in [0.717, 1.165) is 13.2 Å². The van der Waals surface area contributed by atoms with E-state index in [1.165, 1.54) is 0 Å². The average Bonchev–Trinajstić information content (AvgIpc) is 2.15. The van der Waals surface area contributed by atoms with E-state index >= 15 is 0 Å². The number of nitriles is 1. The Morgan fingerprint density at radius 2 is 2.14 bits per heavy atom. The van der Waals surface area contributed by atoms with Crippen molar-refractivity contribution in [3.8, 4) is 11.8 Å². The summed E-state index contributed by atoms with van der Waals surface area (Å²) in [4.78, 5) is 3.31. The molecule has 6 heteroatoms. The van der Waals surface area contributed by atoms with Crippen molar-refractivity contribution in [3.05, 3.63) is 23.5 Å². The molecule has 74 valence electrons. The smallest absolute Gasteiger partial charge is 0.421 e. The summed E-state index contributed by atoms with van der Waals surface area (Å²) in [6.45, 7) is 0. The van der Waals surface area contributed by atoms with Crippen LogP contribution in [0.3, 0.4) is 0 Å². The summed E-state index contributed by atoms with van der Waals surface area (Å²) in [5.41, 5.74) is -1.10. The van der Waals surface area contributed by atoms with E-state index in [4.69, 9.17) is 5.26 Å². The van der Waals surface area contributed by atoms with Crippen LogP contribution in [0.25, 0.3) is 0 Å². The van der Waals surface area contributed by atoms with Gasteiger partial charge in [-0.1, -0.05) is 0 Å². The van der Waals surface area contributed by atoms with Crippen molar-refractivity contribution in [2.75, 3.05) is 7.11 Å². The van der Waals surface area contributed by atoms with Crippen LogP contribution in [-0.4, -0.2) is 12.1 Å². The molecule has 1 aromatic heterocycles. The number of methoxy groups -OCH3 is 1. The standard InChI is InChI=1S/C8H5F3N2O/c1-14-7-2-5(3-12)13-4-6(7)8(9,10)11/h2,4H,1H3. The van der Waals surface area contributed by atoms with Crippen LogP contribution in [0.2, 0.25) is 0 Å². The molecule has 0 aliphatic heterocycles. The summed E-state index contributed by atoms with van der Waals surface area (Å²) in [5, 5.41) is 8.40. The minimum Gasteiger partial charge on any atom is -0.496 e. The summed E-state index contributed by atoms with van der Waals surface area (Å²) >= 11 is 0. The van der Waals surface area contributed by atoms with E-state index in [1.807, 2.05) is 0 Å². The number of alkyl halides is 3. The fourth-order valence-corrected chi connectivity index (χ4v) is 0.880. The van der Waals surface area contributed by atoms with Gasteiger partial charge in [-0.3, -0.25) is 0 Å². The number of hydrogen-bond acceptors (Lipinski definition) is 3. The first-order valence-electron chi connectivity index (χ1n) is 3.50.